The van der Waals surface area contributed by atoms with Crippen molar-refractivity contribution >= 4 is 28.6 Å². The minimum Gasteiger partial charge on any atom is -0.322 e. The molecule has 0 N–H and O–H groups in total. The molecule has 0 fully saturated rings. The number of rotatable bonds is 6. The molecule has 2 aromatic carbocycles. The van der Waals surface area contributed by atoms with Crippen LogP contribution in [0.4, 0.5) is 0 Å². The summed E-state index contributed by atoms with van der Waals surface area (Å²) >= 11 is 3.19. The molecule has 0 aliphatic heterocycles. The Labute approximate surface area is 173 Å². The lowest BCUT2D eigenvalue weighted by atomic mass is 10.0. The van der Waals surface area contributed by atoms with E-state index in [1.165, 1.54) is 21.8 Å². The van der Waals surface area contributed by atoms with Gasteiger partial charge in [0.25, 0.3) is 5.91 Å². The highest BCUT2D eigenvalue weighted by atomic mass is 32.1. The number of hydrogen-bond acceptors (Lipinski definition) is 3. The zero-order chi connectivity index (χ0) is 19.3. The number of thiophene rings is 2. The van der Waals surface area contributed by atoms with E-state index >= 15 is 0 Å². The first-order chi connectivity index (χ1) is 13.7. The number of hydrogen-bond donors (Lipinski definition) is 0. The molecule has 2 nitrogen and oxygen atoms in total. The van der Waals surface area contributed by atoms with Gasteiger partial charge in [-0.1, -0.05) is 72.3 Å². The summed E-state index contributed by atoms with van der Waals surface area (Å²) in [6.45, 7) is 2.65. The summed E-state index contributed by atoms with van der Waals surface area (Å²) in [5.74, 6) is 0.0674. The monoisotopic (exact) mass is 403 g/mol. The molecule has 1 atom stereocenters. The van der Waals surface area contributed by atoms with E-state index in [0.717, 1.165) is 16.0 Å². The van der Waals surface area contributed by atoms with Gasteiger partial charge in [0, 0.05) is 11.4 Å². The molecule has 0 saturated carbocycles. The van der Waals surface area contributed by atoms with Crippen LogP contribution in [0.2, 0.25) is 0 Å². The van der Waals surface area contributed by atoms with Gasteiger partial charge in [-0.3, -0.25) is 4.79 Å². The Balaban J connectivity index is 1.80. The van der Waals surface area contributed by atoms with Crippen LogP contribution in [0.25, 0.3) is 0 Å². The van der Waals surface area contributed by atoms with E-state index in [9.17, 15) is 4.79 Å². The Kier molecular flexibility index (Phi) is 5.70. The second-order valence-corrected chi connectivity index (χ2v) is 8.65. The van der Waals surface area contributed by atoms with Crippen molar-refractivity contribution in [3.63, 3.8) is 0 Å². The maximum Gasteiger partial charge on any atom is 0.265 e. The molecule has 0 radical (unpaired) electrons. The van der Waals surface area contributed by atoms with Crippen molar-refractivity contribution in [3.05, 3.63) is 116 Å². The lowest BCUT2D eigenvalue weighted by Gasteiger charge is -2.32. The van der Waals surface area contributed by atoms with Crippen molar-refractivity contribution in [2.75, 3.05) is 0 Å². The Hall–Kier alpha value is -2.69. The normalized spacial score (nSPS) is 11.9. The molecule has 0 aliphatic carbocycles. The summed E-state index contributed by atoms with van der Waals surface area (Å²) < 4.78 is 0. The molecule has 140 valence electrons. The van der Waals surface area contributed by atoms with E-state index in [1.54, 1.807) is 11.3 Å². The van der Waals surface area contributed by atoms with Gasteiger partial charge in [0.15, 0.2) is 0 Å². The number of carbonyl (C=O) groups excluding carboxylic acids is 1. The van der Waals surface area contributed by atoms with Crippen molar-refractivity contribution in [2.24, 2.45) is 0 Å². The zero-order valence-corrected chi connectivity index (χ0v) is 17.2. The lowest BCUT2D eigenvalue weighted by molar-refractivity contribution is 0.0698. The van der Waals surface area contributed by atoms with E-state index in [0.29, 0.717) is 6.54 Å². The maximum atomic E-state index is 13.5. The van der Waals surface area contributed by atoms with Crippen LogP contribution in [-0.4, -0.2) is 10.8 Å². The number of aryl methyl sites for hydroxylation is 1. The third-order valence-electron chi connectivity index (χ3n) is 4.71. The highest BCUT2D eigenvalue weighted by Crippen LogP contribution is 2.34. The van der Waals surface area contributed by atoms with Crippen molar-refractivity contribution in [1.29, 1.82) is 0 Å². The van der Waals surface area contributed by atoms with Gasteiger partial charge in [-0.05, 0) is 40.9 Å². The van der Waals surface area contributed by atoms with Crippen LogP contribution in [0.15, 0.2) is 89.6 Å². The van der Waals surface area contributed by atoms with Gasteiger partial charge in [0.1, 0.15) is 0 Å². The Bertz CT molecular complexity index is 1010. The molecule has 2 heterocycles. The van der Waals surface area contributed by atoms with Crippen molar-refractivity contribution in [3.8, 4) is 0 Å². The molecule has 4 heteroatoms. The second kappa shape index (κ2) is 8.55. The zero-order valence-electron chi connectivity index (χ0n) is 15.6. The number of benzene rings is 2. The van der Waals surface area contributed by atoms with E-state index in [1.807, 2.05) is 40.6 Å². The molecule has 1 amide bonds. The van der Waals surface area contributed by atoms with Gasteiger partial charge in [-0.25, -0.2) is 0 Å². The first-order valence-corrected chi connectivity index (χ1v) is 11.0. The third kappa shape index (κ3) is 4.08. The average Bonchev–Trinajstić information content (AvgIpc) is 3.44. The van der Waals surface area contributed by atoms with Crippen molar-refractivity contribution < 1.29 is 4.79 Å². The van der Waals surface area contributed by atoms with E-state index < -0.39 is 0 Å². The first-order valence-electron chi connectivity index (χ1n) is 9.21. The highest BCUT2D eigenvalue weighted by molar-refractivity contribution is 7.12. The predicted molar refractivity (Wildman–Crippen MR) is 118 cm³/mol. The summed E-state index contributed by atoms with van der Waals surface area (Å²) in [6.07, 6.45) is 0. The van der Waals surface area contributed by atoms with Gasteiger partial charge in [-0.15, -0.1) is 22.7 Å². The average molecular weight is 404 g/mol. The van der Waals surface area contributed by atoms with E-state index in [2.05, 4.69) is 60.8 Å². The summed E-state index contributed by atoms with van der Waals surface area (Å²) in [4.78, 5) is 17.5. The summed E-state index contributed by atoms with van der Waals surface area (Å²) in [5.41, 5.74) is 3.47. The molecular formula is C24H21NOS2. The minimum absolute atomic E-state index is 0.0674. The number of nitrogens with zero attached hydrogens (tertiary/aromatic N) is 1. The van der Waals surface area contributed by atoms with Gasteiger partial charge < -0.3 is 4.90 Å². The van der Waals surface area contributed by atoms with E-state index in [4.69, 9.17) is 0 Å². The van der Waals surface area contributed by atoms with Crippen LogP contribution in [-0.2, 0) is 6.54 Å². The number of amides is 1. The molecule has 0 spiro atoms. The molecule has 0 saturated heterocycles. The van der Waals surface area contributed by atoms with Gasteiger partial charge in [0.05, 0.1) is 10.9 Å². The molecule has 2 aromatic heterocycles. The summed E-state index contributed by atoms with van der Waals surface area (Å²) in [6, 6.07) is 26.6. The Morgan fingerprint density at radius 3 is 2.21 bits per heavy atom. The second-order valence-electron chi connectivity index (χ2n) is 6.72. The topological polar surface area (TPSA) is 20.3 Å². The summed E-state index contributed by atoms with van der Waals surface area (Å²) in [7, 11) is 0. The third-order valence-corrected chi connectivity index (χ3v) is 6.49. The lowest BCUT2D eigenvalue weighted by Crippen LogP contribution is -2.34. The van der Waals surface area contributed by atoms with Gasteiger partial charge >= 0.3 is 0 Å². The Morgan fingerprint density at radius 1 is 0.857 bits per heavy atom. The smallest absolute Gasteiger partial charge is 0.265 e. The molecule has 4 aromatic rings. The van der Waals surface area contributed by atoms with Crippen LogP contribution in [0, 0.1) is 6.92 Å². The van der Waals surface area contributed by atoms with Gasteiger partial charge in [0.2, 0.25) is 0 Å². The van der Waals surface area contributed by atoms with Crippen LogP contribution in [0.3, 0.4) is 0 Å². The Morgan fingerprint density at radius 2 is 1.57 bits per heavy atom. The SMILES string of the molecule is Cc1ccc(C(c2cccs2)N(Cc2ccccc2)C(=O)c2cccs2)cc1. The molecule has 28 heavy (non-hydrogen) atoms. The highest BCUT2D eigenvalue weighted by Gasteiger charge is 2.29. The largest absolute Gasteiger partial charge is 0.322 e. The molecular weight excluding hydrogens is 382 g/mol. The van der Waals surface area contributed by atoms with Crippen LogP contribution >= 0.6 is 22.7 Å². The first kappa shape index (κ1) is 18.7. The molecule has 4 rings (SSSR count). The van der Waals surface area contributed by atoms with Crippen molar-refractivity contribution in [2.45, 2.75) is 19.5 Å². The fraction of sp³-hybridized carbons (Fsp3) is 0.125. The summed E-state index contributed by atoms with van der Waals surface area (Å²) in [5, 5.41) is 4.03. The maximum absolute atomic E-state index is 13.5. The predicted octanol–water partition coefficient (Wildman–Crippen LogP) is 6.55. The van der Waals surface area contributed by atoms with Gasteiger partial charge in [-0.2, -0.15) is 0 Å². The van der Waals surface area contributed by atoms with E-state index in [-0.39, 0.29) is 11.9 Å². The quantitative estimate of drug-likeness (QED) is 0.357. The number of carbonyl (C=O) groups is 1. The molecule has 0 bridgehead atoms. The standard InChI is InChI=1S/C24H21NOS2/c1-18-11-13-20(14-12-18)23(21-9-5-15-27-21)25(17-19-7-3-2-4-8-19)24(26)22-10-6-16-28-22/h2-16,23H,17H2,1H3. The van der Waals surface area contributed by atoms with Crippen LogP contribution < -0.4 is 0 Å². The minimum atomic E-state index is -0.115. The fourth-order valence-electron chi connectivity index (χ4n) is 3.30. The molecule has 0 aliphatic rings. The van der Waals surface area contributed by atoms with Crippen LogP contribution in [0.5, 0.6) is 0 Å². The van der Waals surface area contributed by atoms with Crippen LogP contribution in [0.1, 0.15) is 37.3 Å². The fourth-order valence-corrected chi connectivity index (χ4v) is 4.84. The van der Waals surface area contributed by atoms with Crippen molar-refractivity contribution in [1.82, 2.24) is 4.90 Å². The molecule has 1 unspecified atom stereocenters.